The molecule has 0 spiro atoms. The molecule has 2 aromatic carbocycles. The van der Waals surface area contributed by atoms with Crippen LogP contribution in [-0.4, -0.2) is 11.1 Å². The Balaban J connectivity index is 1.37. The molecule has 4 nitrogen and oxygen atoms in total. The molecule has 0 bridgehead atoms. The van der Waals surface area contributed by atoms with Crippen LogP contribution in [0.2, 0.25) is 5.02 Å². The first-order chi connectivity index (χ1) is 14.6. The number of rotatable bonds is 4. The summed E-state index contributed by atoms with van der Waals surface area (Å²) in [5.74, 6) is 7.62. The van der Waals surface area contributed by atoms with E-state index in [-0.39, 0.29) is 12.5 Å². The highest BCUT2D eigenvalue weighted by atomic mass is 35.5. The first-order valence-corrected chi connectivity index (χ1v) is 10.6. The molecule has 1 amide bonds. The van der Waals surface area contributed by atoms with Crippen molar-refractivity contribution in [3.05, 3.63) is 76.0 Å². The van der Waals surface area contributed by atoms with Crippen LogP contribution in [0.5, 0.6) is 0 Å². The van der Waals surface area contributed by atoms with Gasteiger partial charge in [0.25, 0.3) is 5.91 Å². The number of nitrogens with one attached hydrogen (secondary N) is 1. The molecule has 1 aliphatic carbocycles. The number of nitrogens with zero attached hydrogens (tertiary/aromatic N) is 1. The molecule has 5 heteroatoms. The summed E-state index contributed by atoms with van der Waals surface area (Å²) >= 11 is 5.92. The first kappa shape index (κ1) is 20.3. The second-order valence-corrected chi connectivity index (χ2v) is 8.08. The third kappa shape index (κ3) is 4.93. The lowest BCUT2D eigenvalue weighted by Gasteiger charge is -2.05. The lowest BCUT2D eigenvalue weighted by Crippen LogP contribution is -2.22. The minimum atomic E-state index is -0.155. The summed E-state index contributed by atoms with van der Waals surface area (Å²) in [6.45, 7) is 2.26. The van der Waals surface area contributed by atoms with Gasteiger partial charge in [-0.15, -0.1) is 0 Å². The Morgan fingerprint density at radius 1 is 1.17 bits per heavy atom. The zero-order chi connectivity index (χ0) is 20.9. The van der Waals surface area contributed by atoms with Crippen LogP contribution >= 0.6 is 11.6 Å². The second-order valence-electron chi connectivity index (χ2n) is 7.65. The Kier molecular flexibility index (Phi) is 6.21. The molecular weight excluding hydrogens is 396 g/mol. The Morgan fingerprint density at radius 2 is 1.93 bits per heavy atom. The van der Waals surface area contributed by atoms with E-state index in [9.17, 15) is 4.79 Å². The predicted octanol–water partition coefficient (Wildman–Crippen LogP) is 5.78. The zero-order valence-corrected chi connectivity index (χ0v) is 17.6. The van der Waals surface area contributed by atoms with Crippen molar-refractivity contribution in [3.8, 4) is 23.1 Å². The maximum atomic E-state index is 12.5. The Morgan fingerprint density at radius 3 is 2.67 bits per heavy atom. The lowest BCUT2D eigenvalue weighted by atomic mass is 10.0. The van der Waals surface area contributed by atoms with E-state index in [0.717, 1.165) is 16.7 Å². The number of amides is 1. The number of hydrogen-bond acceptors (Lipinski definition) is 3. The average Bonchev–Trinajstić information content (AvgIpc) is 3.44. The molecule has 3 aromatic rings. The van der Waals surface area contributed by atoms with Crippen molar-refractivity contribution in [2.75, 3.05) is 0 Å². The van der Waals surface area contributed by atoms with E-state index < -0.39 is 0 Å². The van der Waals surface area contributed by atoms with Crippen molar-refractivity contribution in [1.29, 1.82) is 0 Å². The fourth-order valence-electron chi connectivity index (χ4n) is 3.62. The van der Waals surface area contributed by atoms with Crippen molar-refractivity contribution in [2.24, 2.45) is 5.92 Å². The third-order valence-electron chi connectivity index (χ3n) is 5.38. The highest BCUT2D eigenvalue weighted by Crippen LogP contribution is 2.24. The average molecular weight is 419 g/mol. The highest BCUT2D eigenvalue weighted by Gasteiger charge is 2.13. The quantitative estimate of drug-likeness (QED) is 0.547. The Labute approximate surface area is 181 Å². The molecule has 0 saturated heterocycles. The van der Waals surface area contributed by atoms with Gasteiger partial charge in [-0.3, -0.25) is 4.79 Å². The summed E-state index contributed by atoms with van der Waals surface area (Å²) in [6, 6.07) is 14.8. The van der Waals surface area contributed by atoms with Gasteiger partial charge in [0.05, 0.1) is 6.54 Å². The van der Waals surface area contributed by atoms with Crippen LogP contribution < -0.4 is 5.32 Å². The van der Waals surface area contributed by atoms with E-state index in [1.807, 2.05) is 43.3 Å². The molecule has 1 N–H and O–H groups in total. The number of benzene rings is 2. The van der Waals surface area contributed by atoms with Crippen LogP contribution in [0.15, 0.2) is 53.1 Å². The van der Waals surface area contributed by atoms with Gasteiger partial charge in [-0.25, -0.2) is 0 Å². The van der Waals surface area contributed by atoms with Gasteiger partial charge in [0.2, 0.25) is 0 Å². The van der Waals surface area contributed by atoms with Crippen LogP contribution in [0.3, 0.4) is 0 Å². The lowest BCUT2D eigenvalue weighted by molar-refractivity contribution is 0.0947. The Bertz CT molecular complexity index is 1100. The Hall–Kier alpha value is -3.03. The van der Waals surface area contributed by atoms with Crippen molar-refractivity contribution < 1.29 is 9.32 Å². The fraction of sp³-hybridized carbons (Fsp3) is 0.280. The molecule has 30 heavy (non-hydrogen) atoms. The molecule has 1 aliphatic rings. The molecule has 0 radical (unpaired) electrons. The summed E-state index contributed by atoms with van der Waals surface area (Å²) in [5, 5.41) is 7.61. The molecule has 152 valence electrons. The molecule has 4 rings (SSSR count). The number of aryl methyl sites for hydroxylation is 1. The van der Waals surface area contributed by atoms with Crippen LogP contribution in [0, 0.1) is 24.7 Å². The van der Waals surface area contributed by atoms with E-state index in [0.29, 0.717) is 28.0 Å². The monoisotopic (exact) mass is 418 g/mol. The van der Waals surface area contributed by atoms with Crippen LogP contribution in [-0.2, 0) is 6.54 Å². The molecule has 1 aromatic heterocycles. The minimum Gasteiger partial charge on any atom is -0.359 e. The molecule has 0 aliphatic heterocycles. The fourth-order valence-corrected chi connectivity index (χ4v) is 3.74. The van der Waals surface area contributed by atoms with E-state index in [2.05, 4.69) is 22.3 Å². The third-order valence-corrected chi connectivity index (χ3v) is 5.63. The number of hydrogen-bond donors (Lipinski definition) is 1. The normalized spacial score (nSPS) is 13.7. The van der Waals surface area contributed by atoms with Crippen molar-refractivity contribution in [3.63, 3.8) is 0 Å². The molecule has 1 saturated carbocycles. The van der Waals surface area contributed by atoms with Gasteiger partial charge in [0.15, 0.2) is 5.76 Å². The number of halogens is 1. The van der Waals surface area contributed by atoms with Crippen molar-refractivity contribution >= 4 is 17.5 Å². The summed E-state index contributed by atoms with van der Waals surface area (Å²) in [5.41, 5.74) is 4.22. The van der Waals surface area contributed by atoms with Crippen LogP contribution in [0.4, 0.5) is 0 Å². The van der Waals surface area contributed by atoms with Gasteiger partial charge < -0.3 is 9.84 Å². The minimum absolute atomic E-state index is 0.155. The number of aromatic nitrogens is 1. The summed E-state index contributed by atoms with van der Waals surface area (Å²) in [4.78, 5) is 12.5. The van der Waals surface area contributed by atoms with E-state index >= 15 is 0 Å². The predicted molar refractivity (Wildman–Crippen MR) is 118 cm³/mol. The zero-order valence-electron chi connectivity index (χ0n) is 16.9. The maximum absolute atomic E-state index is 12.5. The summed E-state index contributed by atoms with van der Waals surface area (Å²) in [6.07, 6.45) is 4.97. The summed E-state index contributed by atoms with van der Waals surface area (Å²) < 4.78 is 5.34. The summed E-state index contributed by atoms with van der Waals surface area (Å²) in [7, 11) is 0. The molecule has 0 unspecified atom stereocenters. The SMILES string of the molecule is Cc1cc(C(=O)NCc2cc(-c3ccc(Cl)cc3)no2)ccc1C#CC1CCCC1. The highest BCUT2D eigenvalue weighted by molar-refractivity contribution is 6.30. The second kappa shape index (κ2) is 9.19. The van der Waals surface area contributed by atoms with Gasteiger partial charge in [-0.05, 0) is 55.7 Å². The number of carbonyl (C=O) groups excluding carboxylic acids is 1. The first-order valence-electron chi connectivity index (χ1n) is 10.2. The maximum Gasteiger partial charge on any atom is 0.251 e. The van der Waals surface area contributed by atoms with Crippen LogP contribution in [0.25, 0.3) is 11.3 Å². The van der Waals surface area contributed by atoms with E-state index in [4.69, 9.17) is 16.1 Å². The van der Waals surface area contributed by atoms with Gasteiger partial charge in [0.1, 0.15) is 5.69 Å². The molecule has 0 atom stereocenters. The number of carbonyl (C=O) groups is 1. The van der Waals surface area contributed by atoms with E-state index in [1.165, 1.54) is 25.7 Å². The van der Waals surface area contributed by atoms with Gasteiger partial charge in [0, 0.05) is 33.7 Å². The van der Waals surface area contributed by atoms with Gasteiger partial charge in [-0.2, -0.15) is 0 Å². The van der Waals surface area contributed by atoms with Crippen molar-refractivity contribution in [2.45, 2.75) is 39.2 Å². The van der Waals surface area contributed by atoms with Crippen LogP contribution in [0.1, 0.15) is 52.9 Å². The van der Waals surface area contributed by atoms with E-state index in [1.54, 1.807) is 12.1 Å². The smallest absolute Gasteiger partial charge is 0.251 e. The topological polar surface area (TPSA) is 55.1 Å². The van der Waals surface area contributed by atoms with Crippen molar-refractivity contribution in [1.82, 2.24) is 10.5 Å². The largest absolute Gasteiger partial charge is 0.359 e. The molecular formula is C25H23ClN2O2. The van der Waals surface area contributed by atoms with Gasteiger partial charge in [-0.1, -0.05) is 53.6 Å². The standard InChI is InChI=1S/C25H23ClN2O2/c1-17-14-21(9-8-19(17)7-6-18-4-2-3-5-18)25(29)27-16-23-15-24(28-30-23)20-10-12-22(26)13-11-20/h8-15,18H,2-5,16H2,1H3,(H,27,29). The molecule has 1 fully saturated rings. The van der Waals surface area contributed by atoms with Gasteiger partial charge >= 0.3 is 0 Å². The molecule has 1 heterocycles.